The largest absolute Gasteiger partial charge is 0.345 e. The van der Waals surface area contributed by atoms with Crippen molar-refractivity contribution in [2.24, 2.45) is 0 Å². The second-order valence-electron chi connectivity index (χ2n) is 6.32. The van der Waals surface area contributed by atoms with E-state index in [9.17, 15) is 8.42 Å². The summed E-state index contributed by atoms with van der Waals surface area (Å²) < 4.78 is 29.0. The Balaban J connectivity index is 1.54. The number of fused-ring (bicyclic) bond motifs is 1. The molecule has 0 unspecified atom stereocenters. The van der Waals surface area contributed by atoms with Crippen LogP contribution < -0.4 is 4.90 Å². The molecule has 5 nitrogen and oxygen atoms in total. The Morgan fingerprint density at radius 1 is 1.00 bits per heavy atom. The second-order valence-corrected chi connectivity index (χ2v) is 11.2. The van der Waals surface area contributed by atoms with E-state index in [0.717, 1.165) is 22.0 Å². The van der Waals surface area contributed by atoms with Gasteiger partial charge in [0.1, 0.15) is 4.21 Å². The van der Waals surface area contributed by atoms with Crippen LogP contribution >= 0.6 is 34.3 Å². The van der Waals surface area contributed by atoms with E-state index in [-0.39, 0.29) is 0 Å². The number of aryl methyl sites for hydroxylation is 2. The molecule has 1 fully saturated rings. The molecule has 0 amide bonds. The molecule has 9 heteroatoms. The van der Waals surface area contributed by atoms with Crippen LogP contribution in [-0.2, 0) is 10.0 Å². The minimum absolute atomic E-state index is 0.308. The number of nitrogens with zero attached hydrogens (tertiary/aromatic N) is 3. The SMILES string of the molecule is Cc1ccc(C)c2sc(N3CCN(S(=O)(=O)c4ccc(Cl)s4)CC3)nc12. The predicted octanol–water partition coefficient (Wildman–Crippen LogP) is 4.14. The van der Waals surface area contributed by atoms with E-state index in [1.165, 1.54) is 20.1 Å². The predicted molar refractivity (Wildman–Crippen MR) is 109 cm³/mol. The van der Waals surface area contributed by atoms with Crippen molar-refractivity contribution in [3.63, 3.8) is 0 Å². The van der Waals surface area contributed by atoms with Crippen LogP contribution in [0, 0.1) is 13.8 Å². The lowest BCUT2D eigenvalue weighted by Crippen LogP contribution is -2.48. The molecule has 26 heavy (non-hydrogen) atoms. The zero-order chi connectivity index (χ0) is 18.5. The van der Waals surface area contributed by atoms with Crippen LogP contribution in [0.1, 0.15) is 11.1 Å². The molecule has 1 aliphatic rings. The number of benzene rings is 1. The molecule has 2 aromatic heterocycles. The molecule has 0 aliphatic carbocycles. The van der Waals surface area contributed by atoms with E-state index in [1.807, 2.05) is 0 Å². The third-order valence-electron chi connectivity index (χ3n) is 4.58. The quantitative estimate of drug-likeness (QED) is 0.630. The van der Waals surface area contributed by atoms with Crippen molar-refractivity contribution in [3.05, 3.63) is 39.7 Å². The Labute approximate surface area is 165 Å². The van der Waals surface area contributed by atoms with Crippen LogP contribution in [0.5, 0.6) is 0 Å². The molecular weight excluding hydrogens is 410 g/mol. The van der Waals surface area contributed by atoms with Crippen molar-refractivity contribution in [3.8, 4) is 0 Å². The first-order chi connectivity index (χ1) is 12.4. The van der Waals surface area contributed by atoms with Crippen LogP contribution in [0.3, 0.4) is 0 Å². The number of thiophene rings is 1. The maximum atomic E-state index is 12.7. The Hall–Kier alpha value is -1.19. The molecule has 3 aromatic rings. The number of sulfonamides is 1. The highest BCUT2D eigenvalue weighted by Gasteiger charge is 2.30. The van der Waals surface area contributed by atoms with Crippen LogP contribution in [0.2, 0.25) is 4.34 Å². The number of hydrogen-bond acceptors (Lipinski definition) is 6. The molecule has 138 valence electrons. The number of hydrogen-bond donors (Lipinski definition) is 0. The van der Waals surface area contributed by atoms with Crippen molar-refractivity contribution in [1.82, 2.24) is 9.29 Å². The summed E-state index contributed by atoms with van der Waals surface area (Å²) in [6.07, 6.45) is 0. The van der Waals surface area contributed by atoms with Gasteiger partial charge in [-0.2, -0.15) is 4.31 Å². The summed E-state index contributed by atoms with van der Waals surface area (Å²) >= 11 is 8.68. The van der Waals surface area contributed by atoms with Crippen molar-refractivity contribution in [1.29, 1.82) is 0 Å². The average Bonchev–Trinajstić information content (AvgIpc) is 3.26. The lowest BCUT2D eigenvalue weighted by Gasteiger charge is -2.33. The summed E-state index contributed by atoms with van der Waals surface area (Å²) in [5, 5.41) is 0.966. The van der Waals surface area contributed by atoms with E-state index in [2.05, 4.69) is 30.9 Å². The van der Waals surface area contributed by atoms with Gasteiger partial charge in [0.15, 0.2) is 5.13 Å². The maximum Gasteiger partial charge on any atom is 0.252 e. The first kappa shape index (κ1) is 18.2. The van der Waals surface area contributed by atoms with Crippen LogP contribution in [0.15, 0.2) is 28.5 Å². The second kappa shape index (κ2) is 6.76. The number of halogens is 1. The van der Waals surface area contributed by atoms with Gasteiger partial charge in [-0.15, -0.1) is 11.3 Å². The summed E-state index contributed by atoms with van der Waals surface area (Å²) in [7, 11) is -3.46. The summed E-state index contributed by atoms with van der Waals surface area (Å²) in [4.78, 5) is 6.98. The van der Waals surface area contributed by atoms with Gasteiger partial charge >= 0.3 is 0 Å². The number of aromatic nitrogens is 1. The summed E-state index contributed by atoms with van der Waals surface area (Å²) in [6.45, 7) is 6.34. The highest BCUT2D eigenvalue weighted by Crippen LogP contribution is 2.34. The van der Waals surface area contributed by atoms with Gasteiger partial charge in [0.2, 0.25) is 0 Å². The average molecular weight is 428 g/mol. The van der Waals surface area contributed by atoms with Crippen molar-refractivity contribution >= 4 is 59.6 Å². The number of thiazole rings is 1. The van der Waals surface area contributed by atoms with E-state index in [4.69, 9.17) is 16.6 Å². The zero-order valence-electron chi connectivity index (χ0n) is 14.4. The Bertz CT molecular complexity index is 1030. The zero-order valence-corrected chi connectivity index (χ0v) is 17.6. The van der Waals surface area contributed by atoms with Crippen LogP contribution in [0.4, 0.5) is 5.13 Å². The minimum atomic E-state index is -3.46. The highest BCUT2D eigenvalue weighted by atomic mass is 35.5. The first-order valence-electron chi connectivity index (χ1n) is 8.23. The fourth-order valence-corrected chi connectivity index (χ4v) is 7.29. The van der Waals surface area contributed by atoms with Gasteiger partial charge < -0.3 is 4.90 Å². The monoisotopic (exact) mass is 427 g/mol. The molecule has 3 heterocycles. The van der Waals surface area contributed by atoms with Gasteiger partial charge in [0, 0.05) is 26.2 Å². The lowest BCUT2D eigenvalue weighted by molar-refractivity contribution is 0.386. The molecule has 0 N–H and O–H groups in total. The van der Waals surface area contributed by atoms with E-state index >= 15 is 0 Å². The lowest BCUT2D eigenvalue weighted by atomic mass is 10.1. The van der Waals surface area contributed by atoms with Crippen LogP contribution in [0.25, 0.3) is 10.2 Å². The van der Waals surface area contributed by atoms with Crippen molar-refractivity contribution in [2.45, 2.75) is 18.1 Å². The molecule has 1 aliphatic heterocycles. The molecule has 4 rings (SSSR count). The summed E-state index contributed by atoms with van der Waals surface area (Å²) in [5.41, 5.74) is 3.45. The third kappa shape index (κ3) is 3.14. The van der Waals surface area contributed by atoms with Gasteiger partial charge in [0.05, 0.1) is 14.6 Å². The Morgan fingerprint density at radius 2 is 1.69 bits per heavy atom. The van der Waals surface area contributed by atoms with Crippen LogP contribution in [-0.4, -0.2) is 43.9 Å². The van der Waals surface area contributed by atoms with E-state index in [0.29, 0.717) is 34.7 Å². The third-order valence-corrected chi connectivity index (χ3v) is 9.43. The highest BCUT2D eigenvalue weighted by molar-refractivity contribution is 7.91. The molecule has 0 bridgehead atoms. The molecular formula is C17H18ClN3O2S3. The van der Waals surface area contributed by atoms with Gasteiger partial charge in [-0.25, -0.2) is 13.4 Å². The van der Waals surface area contributed by atoms with Gasteiger partial charge in [0.25, 0.3) is 10.0 Å². The minimum Gasteiger partial charge on any atom is -0.345 e. The molecule has 0 spiro atoms. The molecule has 1 saturated heterocycles. The first-order valence-corrected chi connectivity index (χ1v) is 11.7. The summed E-state index contributed by atoms with van der Waals surface area (Å²) in [6, 6.07) is 7.42. The molecule has 0 atom stereocenters. The van der Waals surface area contributed by atoms with Crippen molar-refractivity contribution in [2.75, 3.05) is 31.1 Å². The van der Waals surface area contributed by atoms with E-state index in [1.54, 1.807) is 23.5 Å². The fraction of sp³-hybridized carbons (Fsp3) is 0.353. The summed E-state index contributed by atoms with van der Waals surface area (Å²) in [5.74, 6) is 0. The van der Waals surface area contributed by atoms with E-state index < -0.39 is 10.0 Å². The Morgan fingerprint density at radius 3 is 2.31 bits per heavy atom. The number of rotatable bonds is 3. The number of piperazine rings is 1. The number of anilines is 1. The normalized spacial score (nSPS) is 16.5. The standard InChI is InChI=1S/C17H18ClN3O2S3/c1-11-3-4-12(2)16-15(11)19-17(25-16)20-7-9-21(10-8-20)26(22,23)14-6-5-13(18)24-14/h3-6H,7-10H2,1-2H3. The molecule has 0 radical (unpaired) electrons. The van der Waals surface area contributed by atoms with Gasteiger partial charge in [-0.1, -0.05) is 35.1 Å². The molecule has 0 saturated carbocycles. The fourth-order valence-electron chi connectivity index (χ4n) is 3.07. The Kier molecular flexibility index (Phi) is 4.73. The maximum absolute atomic E-state index is 12.7. The van der Waals surface area contributed by atoms with Gasteiger partial charge in [-0.05, 0) is 37.1 Å². The molecule has 1 aromatic carbocycles. The van der Waals surface area contributed by atoms with Gasteiger partial charge in [-0.3, -0.25) is 0 Å². The van der Waals surface area contributed by atoms with Crippen molar-refractivity contribution < 1.29 is 8.42 Å². The smallest absolute Gasteiger partial charge is 0.252 e. The topological polar surface area (TPSA) is 53.5 Å².